The van der Waals surface area contributed by atoms with Crippen molar-refractivity contribution in [3.63, 3.8) is 0 Å². The largest absolute Gasteiger partial charge is 0.465 e. The Bertz CT molecular complexity index is 830. The highest BCUT2D eigenvalue weighted by atomic mass is 79.9. The van der Waals surface area contributed by atoms with Gasteiger partial charge in [0.1, 0.15) is 0 Å². The fourth-order valence-electron chi connectivity index (χ4n) is 2.24. The first-order valence-electron chi connectivity index (χ1n) is 6.43. The lowest BCUT2D eigenvalue weighted by molar-refractivity contribution is 0.0601. The molecule has 0 radical (unpaired) electrons. The van der Waals surface area contributed by atoms with Crippen LogP contribution in [0, 0.1) is 0 Å². The van der Waals surface area contributed by atoms with Gasteiger partial charge in [0.15, 0.2) is 0 Å². The minimum atomic E-state index is -0.386. The van der Waals surface area contributed by atoms with Gasteiger partial charge in [0, 0.05) is 15.4 Å². The number of carbonyl (C=O) groups excluding carboxylic acids is 1. The van der Waals surface area contributed by atoms with Crippen LogP contribution in [0.25, 0.3) is 22.2 Å². The molecule has 0 unspecified atom stereocenters. The first-order valence-corrected chi connectivity index (χ1v) is 7.22. The van der Waals surface area contributed by atoms with Gasteiger partial charge in [-0.25, -0.2) is 9.78 Å². The second-order valence-electron chi connectivity index (χ2n) is 4.58. The fourth-order valence-corrected chi connectivity index (χ4v) is 2.64. The van der Waals surface area contributed by atoms with Crippen molar-refractivity contribution in [3.8, 4) is 11.3 Å². The van der Waals surface area contributed by atoms with Crippen LogP contribution in [0.4, 0.5) is 0 Å². The Morgan fingerprint density at radius 3 is 2.67 bits per heavy atom. The van der Waals surface area contributed by atoms with E-state index in [0.717, 1.165) is 20.9 Å². The lowest BCUT2D eigenvalue weighted by atomic mass is 10.0. The Balaban J connectivity index is 2.30. The number of hydrogen-bond donors (Lipinski definition) is 0. The Kier molecular flexibility index (Phi) is 3.71. The van der Waals surface area contributed by atoms with E-state index in [1.165, 1.54) is 7.11 Å². The molecular weight excluding hydrogens is 330 g/mol. The molecule has 2 aromatic carbocycles. The molecule has 21 heavy (non-hydrogen) atoms. The monoisotopic (exact) mass is 341 g/mol. The quantitative estimate of drug-likeness (QED) is 0.646. The van der Waals surface area contributed by atoms with Gasteiger partial charge in [-0.05, 0) is 24.3 Å². The summed E-state index contributed by atoms with van der Waals surface area (Å²) in [5, 5.41) is 0.914. The Labute approximate surface area is 130 Å². The maximum Gasteiger partial charge on any atom is 0.340 e. The van der Waals surface area contributed by atoms with Gasteiger partial charge in [0.25, 0.3) is 0 Å². The Morgan fingerprint density at radius 2 is 1.90 bits per heavy atom. The van der Waals surface area contributed by atoms with E-state index in [9.17, 15) is 4.79 Å². The summed E-state index contributed by atoms with van der Waals surface area (Å²) in [6, 6.07) is 17.2. The number of pyridine rings is 1. The summed E-state index contributed by atoms with van der Waals surface area (Å²) in [7, 11) is 1.38. The molecule has 0 amide bonds. The lowest BCUT2D eigenvalue weighted by Crippen LogP contribution is -2.05. The zero-order chi connectivity index (χ0) is 14.8. The molecule has 0 aliphatic heterocycles. The fraction of sp³-hybridized carbons (Fsp3) is 0.0588. The molecule has 0 bridgehead atoms. The van der Waals surface area contributed by atoms with Gasteiger partial charge in [-0.3, -0.25) is 0 Å². The van der Waals surface area contributed by atoms with Crippen molar-refractivity contribution in [1.29, 1.82) is 0 Å². The molecule has 0 saturated heterocycles. The Hall–Kier alpha value is -2.20. The summed E-state index contributed by atoms with van der Waals surface area (Å²) < 4.78 is 5.82. The average molecular weight is 342 g/mol. The number of fused-ring (bicyclic) bond motifs is 1. The minimum Gasteiger partial charge on any atom is -0.465 e. The third-order valence-corrected chi connectivity index (χ3v) is 3.72. The highest BCUT2D eigenvalue weighted by molar-refractivity contribution is 9.10. The van der Waals surface area contributed by atoms with Crippen molar-refractivity contribution in [1.82, 2.24) is 4.98 Å². The number of carbonyl (C=O) groups is 1. The molecule has 0 aliphatic carbocycles. The van der Waals surface area contributed by atoms with Crippen LogP contribution in [0.5, 0.6) is 0 Å². The maximum atomic E-state index is 12.1. The first-order chi connectivity index (χ1) is 10.2. The number of methoxy groups -OCH3 is 1. The molecule has 0 spiro atoms. The molecule has 4 heteroatoms. The van der Waals surface area contributed by atoms with Crippen molar-refractivity contribution in [2.45, 2.75) is 0 Å². The number of ether oxygens (including phenoxy) is 1. The van der Waals surface area contributed by atoms with Crippen LogP contribution >= 0.6 is 15.9 Å². The topological polar surface area (TPSA) is 39.2 Å². The molecular formula is C17H12BrNO2. The first kappa shape index (κ1) is 13.8. The normalized spacial score (nSPS) is 10.6. The summed E-state index contributed by atoms with van der Waals surface area (Å²) in [6.45, 7) is 0. The number of hydrogen-bond acceptors (Lipinski definition) is 3. The zero-order valence-corrected chi connectivity index (χ0v) is 12.9. The van der Waals surface area contributed by atoms with Crippen molar-refractivity contribution in [3.05, 3.63) is 64.6 Å². The smallest absolute Gasteiger partial charge is 0.340 e. The van der Waals surface area contributed by atoms with Gasteiger partial charge in [-0.2, -0.15) is 0 Å². The third kappa shape index (κ3) is 2.67. The number of nitrogens with zero attached hydrogens (tertiary/aromatic N) is 1. The van der Waals surface area contributed by atoms with Crippen LogP contribution in [-0.4, -0.2) is 18.1 Å². The number of rotatable bonds is 2. The minimum absolute atomic E-state index is 0.386. The number of halogens is 1. The highest BCUT2D eigenvalue weighted by Gasteiger charge is 2.16. The van der Waals surface area contributed by atoms with E-state index >= 15 is 0 Å². The maximum absolute atomic E-state index is 12.1. The van der Waals surface area contributed by atoms with E-state index < -0.39 is 0 Å². The molecule has 104 valence electrons. The second-order valence-corrected chi connectivity index (χ2v) is 5.49. The van der Waals surface area contributed by atoms with Crippen molar-refractivity contribution < 1.29 is 9.53 Å². The highest BCUT2D eigenvalue weighted by Crippen LogP contribution is 2.28. The van der Waals surface area contributed by atoms with Gasteiger partial charge in [0.05, 0.1) is 23.9 Å². The molecule has 3 aromatic rings. The van der Waals surface area contributed by atoms with E-state index in [1.54, 1.807) is 0 Å². The molecule has 3 rings (SSSR count). The second kappa shape index (κ2) is 5.66. The van der Waals surface area contributed by atoms with E-state index in [-0.39, 0.29) is 5.97 Å². The number of benzene rings is 2. The summed E-state index contributed by atoms with van der Waals surface area (Å²) in [5.74, 6) is -0.386. The van der Waals surface area contributed by atoms with Gasteiger partial charge in [0.2, 0.25) is 0 Å². The number of para-hydroxylation sites is 1. The van der Waals surface area contributed by atoms with Gasteiger partial charge < -0.3 is 4.74 Å². The van der Waals surface area contributed by atoms with Crippen LogP contribution in [0.1, 0.15) is 10.4 Å². The van der Waals surface area contributed by atoms with Crippen molar-refractivity contribution in [2.24, 2.45) is 0 Å². The van der Waals surface area contributed by atoms with E-state index in [2.05, 4.69) is 20.9 Å². The van der Waals surface area contributed by atoms with Crippen LogP contribution in [-0.2, 0) is 4.74 Å². The Morgan fingerprint density at radius 1 is 1.10 bits per heavy atom. The van der Waals surface area contributed by atoms with Crippen LogP contribution in [0.3, 0.4) is 0 Å². The van der Waals surface area contributed by atoms with Crippen molar-refractivity contribution in [2.75, 3.05) is 7.11 Å². The summed E-state index contributed by atoms with van der Waals surface area (Å²) in [5.41, 5.74) is 2.81. The van der Waals surface area contributed by atoms with Crippen LogP contribution in [0.2, 0.25) is 0 Å². The molecule has 3 nitrogen and oxygen atoms in total. The van der Waals surface area contributed by atoms with Gasteiger partial charge >= 0.3 is 5.97 Å². The van der Waals surface area contributed by atoms with E-state index in [1.807, 2.05) is 54.6 Å². The van der Waals surface area contributed by atoms with Crippen molar-refractivity contribution >= 4 is 32.8 Å². The summed E-state index contributed by atoms with van der Waals surface area (Å²) >= 11 is 3.44. The predicted octanol–water partition coefficient (Wildman–Crippen LogP) is 4.45. The van der Waals surface area contributed by atoms with Crippen LogP contribution in [0.15, 0.2) is 59.1 Å². The third-order valence-electron chi connectivity index (χ3n) is 3.23. The summed E-state index contributed by atoms with van der Waals surface area (Å²) in [4.78, 5) is 16.7. The van der Waals surface area contributed by atoms with Crippen LogP contribution < -0.4 is 0 Å². The zero-order valence-electron chi connectivity index (χ0n) is 11.3. The molecule has 0 atom stereocenters. The molecule has 0 saturated carbocycles. The van der Waals surface area contributed by atoms with Gasteiger partial charge in [-0.15, -0.1) is 0 Å². The number of esters is 1. The predicted molar refractivity (Wildman–Crippen MR) is 86.2 cm³/mol. The molecule has 0 fully saturated rings. The standard InChI is InChI=1S/C17H12BrNO2/c1-21-17(20)14-10-11-5-2-3-8-15(11)19-16(14)12-6-4-7-13(18)9-12/h2-10H,1H3. The molecule has 0 aliphatic rings. The molecule has 1 heterocycles. The number of aromatic nitrogens is 1. The molecule has 0 N–H and O–H groups in total. The molecule has 1 aromatic heterocycles. The van der Waals surface area contributed by atoms with E-state index in [0.29, 0.717) is 11.3 Å². The average Bonchev–Trinajstić information content (AvgIpc) is 2.53. The lowest BCUT2D eigenvalue weighted by Gasteiger charge is -2.09. The summed E-state index contributed by atoms with van der Waals surface area (Å²) in [6.07, 6.45) is 0. The van der Waals surface area contributed by atoms with Gasteiger partial charge in [-0.1, -0.05) is 46.3 Å². The SMILES string of the molecule is COC(=O)c1cc2ccccc2nc1-c1cccc(Br)c1. The van der Waals surface area contributed by atoms with E-state index in [4.69, 9.17) is 4.74 Å².